The van der Waals surface area contributed by atoms with E-state index in [1.165, 1.54) is 237 Å². The average Bonchev–Trinajstić information content (AvgIpc) is 4.28. The standard InChI is InChI=1S/C66H95N3O2S3/c1-5-9-13-17-20-22-24-26-29-35-47-70-65-61(59-42-37-49-72-59)63-64(68-74-67-63)62(66(65)71-48-36-30-27-25-23-21-18-14-10-6-2)60-46-45-58(73-60)53-43-44-55-54-40-33-34-41-56(54)69(57(55)50-53)51-52(38-31-16-12-8-4)39-32-28-19-15-11-7-3/h33-34,37,40-46,49-50,52H,5-32,35-36,38-39,47-48,51H2,1-4H3. The van der Waals surface area contributed by atoms with Crippen molar-refractivity contribution < 1.29 is 9.47 Å². The van der Waals surface area contributed by atoms with Crippen LogP contribution in [0.4, 0.5) is 0 Å². The number of thiophene rings is 2. The highest BCUT2D eigenvalue weighted by atomic mass is 32.1. The zero-order chi connectivity index (χ0) is 51.4. The first-order valence-corrected chi connectivity index (χ1v) is 32.8. The minimum Gasteiger partial charge on any atom is -0.489 e. The number of fused-ring (bicyclic) bond motifs is 4. The molecule has 0 N–H and O–H groups in total. The Bertz CT molecular complexity index is 2600. The predicted molar refractivity (Wildman–Crippen MR) is 327 cm³/mol. The first kappa shape index (κ1) is 58.0. The Morgan fingerprint density at radius 1 is 0.446 bits per heavy atom. The minimum atomic E-state index is 0.656. The summed E-state index contributed by atoms with van der Waals surface area (Å²) in [5.41, 5.74) is 7.90. The molecule has 0 aliphatic carbocycles. The molecular weight excluding hydrogens is 963 g/mol. The van der Waals surface area contributed by atoms with Crippen LogP contribution in [0, 0.1) is 5.92 Å². The van der Waals surface area contributed by atoms with Gasteiger partial charge in [0, 0.05) is 43.0 Å². The summed E-state index contributed by atoms with van der Waals surface area (Å²) in [6.45, 7) is 11.6. The Hall–Kier alpha value is -3.72. The van der Waals surface area contributed by atoms with Crippen molar-refractivity contribution in [1.29, 1.82) is 0 Å². The maximum atomic E-state index is 7.13. The van der Waals surface area contributed by atoms with E-state index < -0.39 is 0 Å². The van der Waals surface area contributed by atoms with E-state index in [1.807, 2.05) is 11.3 Å². The Morgan fingerprint density at radius 3 is 1.46 bits per heavy atom. The molecule has 8 heteroatoms. The Morgan fingerprint density at radius 2 is 0.919 bits per heavy atom. The molecule has 4 aromatic heterocycles. The van der Waals surface area contributed by atoms with Crippen LogP contribution in [-0.4, -0.2) is 26.5 Å². The summed E-state index contributed by atoms with van der Waals surface area (Å²) in [4.78, 5) is 3.57. The molecule has 3 aromatic carbocycles. The van der Waals surface area contributed by atoms with E-state index in [9.17, 15) is 0 Å². The second-order valence-corrected chi connectivity index (χ2v) is 24.3. The summed E-state index contributed by atoms with van der Waals surface area (Å²) in [5.74, 6) is 2.37. The van der Waals surface area contributed by atoms with Gasteiger partial charge in [-0.2, -0.15) is 8.75 Å². The molecule has 0 spiro atoms. The van der Waals surface area contributed by atoms with Crippen LogP contribution in [0.15, 0.2) is 72.1 Å². The lowest BCUT2D eigenvalue weighted by atomic mass is 9.94. The van der Waals surface area contributed by atoms with Gasteiger partial charge in [0.05, 0.1) is 36.1 Å². The molecule has 4 heterocycles. The predicted octanol–water partition coefficient (Wildman–Crippen LogP) is 22.9. The first-order valence-electron chi connectivity index (χ1n) is 30.4. The molecule has 7 aromatic rings. The van der Waals surface area contributed by atoms with Crippen LogP contribution in [0.2, 0.25) is 0 Å². The lowest BCUT2D eigenvalue weighted by molar-refractivity contribution is 0.260. The van der Waals surface area contributed by atoms with Gasteiger partial charge in [0.2, 0.25) is 0 Å². The average molecular weight is 1060 g/mol. The van der Waals surface area contributed by atoms with Crippen molar-refractivity contribution in [3.05, 3.63) is 72.1 Å². The summed E-state index contributed by atoms with van der Waals surface area (Å²) in [5, 5.41) is 4.89. The topological polar surface area (TPSA) is 49.2 Å². The SMILES string of the molecule is CCCCCCCCCCCCOc1c(OCCCCCCCCCCCC)c(-c2ccc(-c3ccc4c5ccccc5n(CC(CCCCCC)CCCCCCCC)c4c3)s2)c2nsnc2c1-c1cccs1. The highest BCUT2D eigenvalue weighted by molar-refractivity contribution is 7.19. The Labute approximate surface area is 461 Å². The number of benzene rings is 3. The molecule has 404 valence electrons. The van der Waals surface area contributed by atoms with Crippen LogP contribution in [0.5, 0.6) is 11.5 Å². The lowest BCUT2D eigenvalue weighted by Crippen LogP contribution is -2.11. The fraction of sp³-hybridized carbons (Fsp3) is 0.606. The monoisotopic (exact) mass is 1060 g/mol. The van der Waals surface area contributed by atoms with E-state index in [-0.39, 0.29) is 0 Å². The summed E-state index contributed by atoms with van der Waals surface area (Å²) < 4.78 is 27.0. The molecule has 0 bridgehead atoms. The number of nitrogens with zero attached hydrogens (tertiary/aromatic N) is 3. The van der Waals surface area contributed by atoms with Crippen molar-refractivity contribution in [2.75, 3.05) is 13.2 Å². The van der Waals surface area contributed by atoms with E-state index in [0.29, 0.717) is 19.1 Å². The second kappa shape index (κ2) is 33.4. The van der Waals surface area contributed by atoms with Gasteiger partial charge in [-0.3, -0.25) is 0 Å². The fourth-order valence-corrected chi connectivity index (χ4v) is 13.7. The third-order valence-corrected chi connectivity index (χ3v) is 18.2. The van der Waals surface area contributed by atoms with Crippen LogP contribution in [0.25, 0.3) is 64.2 Å². The van der Waals surface area contributed by atoms with Crippen molar-refractivity contribution >= 4 is 67.2 Å². The van der Waals surface area contributed by atoms with Gasteiger partial charge in [-0.05, 0) is 72.9 Å². The van der Waals surface area contributed by atoms with Crippen molar-refractivity contribution in [3.63, 3.8) is 0 Å². The van der Waals surface area contributed by atoms with Gasteiger partial charge in [0.15, 0.2) is 11.5 Å². The number of hydrogen-bond acceptors (Lipinski definition) is 7. The van der Waals surface area contributed by atoms with Crippen LogP contribution >= 0.6 is 34.4 Å². The molecular formula is C66H95N3O2S3. The van der Waals surface area contributed by atoms with E-state index >= 15 is 0 Å². The zero-order valence-corrected chi connectivity index (χ0v) is 49.1. The third kappa shape index (κ3) is 17.1. The van der Waals surface area contributed by atoms with Gasteiger partial charge in [-0.1, -0.05) is 244 Å². The highest BCUT2D eigenvalue weighted by Crippen LogP contribution is 2.53. The minimum absolute atomic E-state index is 0.656. The molecule has 5 nitrogen and oxygen atoms in total. The van der Waals surface area contributed by atoms with Crippen LogP contribution in [0.1, 0.15) is 233 Å². The van der Waals surface area contributed by atoms with E-state index in [4.69, 9.17) is 18.2 Å². The number of unbranched alkanes of at least 4 members (excludes halogenated alkanes) is 26. The number of rotatable bonds is 41. The molecule has 0 saturated carbocycles. The highest BCUT2D eigenvalue weighted by Gasteiger charge is 2.29. The molecule has 0 amide bonds. The lowest BCUT2D eigenvalue weighted by Gasteiger charge is -2.20. The van der Waals surface area contributed by atoms with Gasteiger partial charge < -0.3 is 14.0 Å². The van der Waals surface area contributed by atoms with Gasteiger partial charge >= 0.3 is 0 Å². The van der Waals surface area contributed by atoms with Crippen LogP contribution in [-0.2, 0) is 6.54 Å². The Balaban J connectivity index is 1.18. The number of hydrogen-bond donors (Lipinski definition) is 0. The number of ether oxygens (including phenoxy) is 2. The number of aromatic nitrogens is 3. The van der Waals surface area contributed by atoms with Crippen LogP contribution < -0.4 is 9.47 Å². The van der Waals surface area contributed by atoms with Gasteiger partial charge in [0.25, 0.3) is 0 Å². The van der Waals surface area contributed by atoms with E-state index in [2.05, 4.69) is 104 Å². The second-order valence-electron chi connectivity index (χ2n) is 21.7. The van der Waals surface area contributed by atoms with Gasteiger partial charge in [-0.15, -0.1) is 22.7 Å². The van der Waals surface area contributed by atoms with Crippen molar-refractivity contribution in [3.8, 4) is 42.8 Å². The quantitative estimate of drug-likeness (QED) is 0.0359. The fourth-order valence-electron chi connectivity index (χ4n) is 11.3. The summed E-state index contributed by atoms with van der Waals surface area (Å²) in [6.07, 6.45) is 42.0. The third-order valence-electron chi connectivity index (χ3n) is 15.7. The summed E-state index contributed by atoms with van der Waals surface area (Å²) in [7, 11) is 0. The number of para-hydroxylation sites is 1. The van der Waals surface area contributed by atoms with E-state index in [1.54, 1.807) is 11.3 Å². The molecule has 74 heavy (non-hydrogen) atoms. The van der Waals surface area contributed by atoms with Crippen molar-refractivity contribution in [2.45, 2.75) is 240 Å². The molecule has 0 aliphatic rings. The molecule has 0 radical (unpaired) electrons. The van der Waals surface area contributed by atoms with Gasteiger partial charge in [-0.25, -0.2) is 0 Å². The first-order chi connectivity index (χ1) is 36.7. The largest absolute Gasteiger partial charge is 0.489 e. The maximum Gasteiger partial charge on any atom is 0.172 e. The summed E-state index contributed by atoms with van der Waals surface area (Å²) in [6, 6.07) is 25.4. The van der Waals surface area contributed by atoms with E-state index in [0.717, 1.165) is 62.8 Å². The molecule has 7 rings (SSSR count). The maximum absolute atomic E-state index is 7.13. The molecule has 0 saturated heterocycles. The molecule has 1 unspecified atom stereocenters. The molecule has 0 fully saturated rings. The smallest absolute Gasteiger partial charge is 0.172 e. The Kier molecular flexibility index (Phi) is 26.2. The van der Waals surface area contributed by atoms with Crippen molar-refractivity contribution in [2.24, 2.45) is 5.92 Å². The van der Waals surface area contributed by atoms with Gasteiger partial charge in [0.1, 0.15) is 11.0 Å². The van der Waals surface area contributed by atoms with Crippen LogP contribution in [0.3, 0.4) is 0 Å². The molecule has 0 aliphatic heterocycles. The summed E-state index contributed by atoms with van der Waals surface area (Å²) >= 11 is 4.91. The zero-order valence-electron chi connectivity index (χ0n) is 46.6. The normalized spacial score (nSPS) is 12.3. The molecule has 1 atom stereocenters. The van der Waals surface area contributed by atoms with Crippen molar-refractivity contribution in [1.82, 2.24) is 13.3 Å².